The molecule has 0 radical (unpaired) electrons. The Kier molecular flexibility index (Phi) is 11.0. The van der Waals surface area contributed by atoms with Crippen LogP contribution in [0.15, 0.2) is 29.3 Å². The maximum absolute atomic E-state index is 12.0. The number of nitrogens with one attached hydrogen (secondary N) is 2. The van der Waals surface area contributed by atoms with Crippen molar-refractivity contribution in [2.24, 2.45) is 10.4 Å². The maximum atomic E-state index is 12.0. The van der Waals surface area contributed by atoms with Crippen LogP contribution in [0.5, 0.6) is 0 Å². The first-order valence-corrected chi connectivity index (χ1v) is 10.2. The molecule has 0 bridgehead atoms. The highest BCUT2D eigenvalue weighted by molar-refractivity contribution is 14.0. The van der Waals surface area contributed by atoms with E-state index < -0.39 is 0 Å². The summed E-state index contributed by atoms with van der Waals surface area (Å²) in [4.78, 5) is 18.7. The summed E-state index contributed by atoms with van der Waals surface area (Å²) in [5.41, 5.74) is 2.37. The third kappa shape index (κ3) is 8.12. The first kappa shape index (κ1) is 25.7. The summed E-state index contributed by atoms with van der Waals surface area (Å²) in [6.07, 6.45) is 1.72. The van der Waals surface area contributed by atoms with Gasteiger partial charge < -0.3 is 20.3 Å². The molecule has 2 N–H and O–H groups in total. The highest BCUT2D eigenvalue weighted by atomic mass is 127. The van der Waals surface area contributed by atoms with Crippen molar-refractivity contribution in [3.63, 3.8) is 0 Å². The number of methoxy groups -OCH3 is 1. The lowest BCUT2D eigenvalue weighted by Gasteiger charge is -2.30. The van der Waals surface area contributed by atoms with Crippen molar-refractivity contribution < 1.29 is 9.53 Å². The Balaban J connectivity index is 0.00000420. The van der Waals surface area contributed by atoms with Crippen LogP contribution in [-0.2, 0) is 22.6 Å². The Morgan fingerprint density at radius 3 is 2.48 bits per heavy atom. The van der Waals surface area contributed by atoms with Crippen molar-refractivity contribution in [2.45, 2.75) is 59.7 Å². The van der Waals surface area contributed by atoms with E-state index in [1.165, 1.54) is 5.56 Å². The minimum Gasteiger partial charge on any atom is -0.379 e. The molecule has 0 spiro atoms. The van der Waals surface area contributed by atoms with Gasteiger partial charge >= 0.3 is 0 Å². The number of amides is 1. The standard InChI is InChI=1S/C22H36N4O2.HI/c1-6-23-21(25-15-19(28-5)22(2,3)4)24-14-17-10-7-8-11-18(17)16-26-13-9-12-20(26)27;/h7-8,10-11,19H,6,9,12-16H2,1-5H3,(H2,23,24,25);1H. The molecular weight excluding hydrogens is 479 g/mol. The van der Waals surface area contributed by atoms with Crippen LogP contribution >= 0.6 is 24.0 Å². The third-order valence-electron chi connectivity index (χ3n) is 5.11. The van der Waals surface area contributed by atoms with Gasteiger partial charge in [0.15, 0.2) is 5.96 Å². The van der Waals surface area contributed by atoms with Gasteiger partial charge in [0.2, 0.25) is 5.91 Å². The molecule has 1 aliphatic heterocycles. The van der Waals surface area contributed by atoms with E-state index in [4.69, 9.17) is 9.73 Å². The molecule has 1 aliphatic rings. The normalized spacial score (nSPS) is 15.8. The number of benzene rings is 1. The number of ether oxygens (including phenoxy) is 1. The predicted molar refractivity (Wildman–Crippen MR) is 130 cm³/mol. The van der Waals surface area contributed by atoms with Crippen molar-refractivity contribution in [1.82, 2.24) is 15.5 Å². The van der Waals surface area contributed by atoms with Gasteiger partial charge in [-0.05, 0) is 29.9 Å². The zero-order valence-corrected chi connectivity index (χ0v) is 20.8. The van der Waals surface area contributed by atoms with E-state index in [0.717, 1.165) is 31.0 Å². The quantitative estimate of drug-likeness (QED) is 0.315. The number of hydrogen-bond acceptors (Lipinski definition) is 3. The Morgan fingerprint density at radius 1 is 1.24 bits per heavy atom. The van der Waals surface area contributed by atoms with E-state index in [-0.39, 0.29) is 41.4 Å². The van der Waals surface area contributed by atoms with Gasteiger partial charge in [0.25, 0.3) is 0 Å². The molecule has 1 heterocycles. The van der Waals surface area contributed by atoms with Gasteiger partial charge in [0.1, 0.15) is 0 Å². The number of nitrogens with zero attached hydrogens (tertiary/aromatic N) is 2. The topological polar surface area (TPSA) is 66.0 Å². The van der Waals surface area contributed by atoms with Gasteiger partial charge in [0.05, 0.1) is 12.6 Å². The van der Waals surface area contributed by atoms with E-state index in [2.05, 4.69) is 50.5 Å². The smallest absolute Gasteiger partial charge is 0.222 e. The number of aliphatic imine (C=N–C) groups is 1. The van der Waals surface area contributed by atoms with E-state index >= 15 is 0 Å². The molecule has 1 saturated heterocycles. The van der Waals surface area contributed by atoms with Crippen molar-refractivity contribution >= 4 is 35.8 Å². The summed E-state index contributed by atoms with van der Waals surface area (Å²) >= 11 is 0. The molecular formula is C22H37IN4O2. The van der Waals surface area contributed by atoms with E-state index in [1.54, 1.807) is 7.11 Å². The lowest BCUT2D eigenvalue weighted by Crippen LogP contribution is -2.45. The van der Waals surface area contributed by atoms with E-state index in [9.17, 15) is 4.79 Å². The Bertz CT molecular complexity index is 673. The molecule has 1 fully saturated rings. The van der Waals surface area contributed by atoms with Gasteiger partial charge in [-0.2, -0.15) is 0 Å². The van der Waals surface area contributed by atoms with Gasteiger partial charge in [-0.25, -0.2) is 4.99 Å². The summed E-state index contributed by atoms with van der Waals surface area (Å²) in [6, 6.07) is 8.24. The summed E-state index contributed by atoms with van der Waals surface area (Å²) in [5.74, 6) is 1.03. The molecule has 0 saturated carbocycles. The fourth-order valence-corrected chi connectivity index (χ4v) is 3.38. The van der Waals surface area contributed by atoms with Gasteiger partial charge in [-0.1, -0.05) is 45.0 Å². The number of carbonyl (C=O) groups excluding carboxylic acids is 1. The van der Waals surface area contributed by atoms with Crippen molar-refractivity contribution in [1.29, 1.82) is 0 Å². The van der Waals surface area contributed by atoms with Gasteiger partial charge in [0, 0.05) is 39.7 Å². The fraction of sp³-hybridized carbons (Fsp3) is 0.636. The SMILES string of the molecule is CCNC(=NCc1ccccc1CN1CCCC1=O)NCC(OC)C(C)(C)C.I. The highest BCUT2D eigenvalue weighted by Crippen LogP contribution is 2.21. The Labute approximate surface area is 192 Å². The molecule has 164 valence electrons. The van der Waals surface area contributed by atoms with Crippen LogP contribution < -0.4 is 10.6 Å². The van der Waals surface area contributed by atoms with Crippen LogP contribution in [0.3, 0.4) is 0 Å². The van der Waals surface area contributed by atoms with Crippen molar-refractivity contribution in [3.05, 3.63) is 35.4 Å². The Morgan fingerprint density at radius 2 is 1.93 bits per heavy atom. The Hall–Kier alpha value is -1.35. The molecule has 2 rings (SSSR count). The number of likely N-dealkylation sites (tertiary alicyclic amines) is 1. The molecule has 7 heteroatoms. The van der Waals surface area contributed by atoms with Crippen LogP contribution in [0.2, 0.25) is 0 Å². The number of hydrogen-bond donors (Lipinski definition) is 2. The zero-order valence-electron chi connectivity index (χ0n) is 18.5. The second kappa shape index (κ2) is 12.4. The molecule has 1 unspecified atom stereocenters. The second-order valence-electron chi connectivity index (χ2n) is 8.35. The molecule has 1 aromatic rings. The lowest BCUT2D eigenvalue weighted by atomic mass is 9.89. The van der Waals surface area contributed by atoms with Crippen molar-refractivity contribution in [2.75, 3.05) is 26.7 Å². The average molecular weight is 516 g/mol. The third-order valence-corrected chi connectivity index (χ3v) is 5.11. The van der Waals surface area contributed by atoms with E-state index in [0.29, 0.717) is 26.1 Å². The minimum atomic E-state index is 0. The highest BCUT2D eigenvalue weighted by Gasteiger charge is 2.24. The summed E-state index contributed by atoms with van der Waals surface area (Å²) in [7, 11) is 1.75. The monoisotopic (exact) mass is 516 g/mol. The molecule has 1 aromatic carbocycles. The minimum absolute atomic E-state index is 0. The maximum Gasteiger partial charge on any atom is 0.222 e. The van der Waals surface area contributed by atoms with Crippen LogP contribution in [0.4, 0.5) is 0 Å². The van der Waals surface area contributed by atoms with Gasteiger partial charge in [-0.15, -0.1) is 24.0 Å². The first-order valence-electron chi connectivity index (χ1n) is 10.2. The van der Waals surface area contributed by atoms with Crippen LogP contribution in [0, 0.1) is 5.41 Å². The largest absolute Gasteiger partial charge is 0.379 e. The summed E-state index contributed by atoms with van der Waals surface area (Å²) < 4.78 is 5.63. The van der Waals surface area contributed by atoms with Crippen LogP contribution in [-0.4, -0.2) is 49.6 Å². The number of guanidine groups is 1. The van der Waals surface area contributed by atoms with E-state index in [1.807, 2.05) is 17.0 Å². The van der Waals surface area contributed by atoms with Gasteiger partial charge in [-0.3, -0.25) is 4.79 Å². The number of halogens is 1. The average Bonchev–Trinajstić information content (AvgIpc) is 3.04. The first-order chi connectivity index (χ1) is 13.3. The number of carbonyl (C=O) groups is 1. The molecule has 1 amide bonds. The molecule has 1 atom stereocenters. The molecule has 0 aliphatic carbocycles. The predicted octanol–water partition coefficient (Wildman–Crippen LogP) is 3.54. The number of rotatable bonds is 8. The molecule has 6 nitrogen and oxygen atoms in total. The fourth-order valence-electron chi connectivity index (χ4n) is 3.38. The summed E-state index contributed by atoms with van der Waals surface area (Å²) in [5, 5.41) is 6.70. The van der Waals surface area contributed by atoms with Crippen molar-refractivity contribution in [3.8, 4) is 0 Å². The van der Waals surface area contributed by atoms with Crippen LogP contribution in [0.25, 0.3) is 0 Å². The second-order valence-corrected chi connectivity index (χ2v) is 8.35. The van der Waals surface area contributed by atoms with Crippen LogP contribution in [0.1, 0.15) is 51.7 Å². The molecule has 0 aromatic heterocycles. The molecule has 29 heavy (non-hydrogen) atoms. The summed E-state index contributed by atoms with van der Waals surface area (Å²) in [6.45, 7) is 12.1. The zero-order chi connectivity index (χ0) is 20.6. The lowest BCUT2D eigenvalue weighted by molar-refractivity contribution is -0.128.